The van der Waals surface area contributed by atoms with Gasteiger partial charge in [0.25, 0.3) is 0 Å². The molecule has 2 atom stereocenters. The lowest BCUT2D eigenvalue weighted by Crippen LogP contribution is -2.33. The molecule has 0 fully saturated rings. The number of amidine groups is 2. The number of ether oxygens (including phenoxy) is 2. The minimum atomic E-state index is -0.310. The number of halogens is 7. The number of benzene rings is 4. The van der Waals surface area contributed by atoms with Crippen molar-refractivity contribution in [3.63, 3.8) is 0 Å². The van der Waals surface area contributed by atoms with Crippen LogP contribution < -0.4 is 31.6 Å². The molecule has 2 unspecified atom stereocenters. The van der Waals surface area contributed by atoms with E-state index in [4.69, 9.17) is 44.1 Å². The molecule has 6 rings (SSSR count). The van der Waals surface area contributed by atoms with E-state index in [2.05, 4.69) is 20.6 Å². The summed E-state index contributed by atoms with van der Waals surface area (Å²) >= 11 is 12.0. The summed E-state index contributed by atoms with van der Waals surface area (Å²) in [5.74, 6) is 2.15. The second kappa shape index (κ2) is 20.6. The zero-order valence-corrected chi connectivity index (χ0v) is 31.4. The number of nitrogens with one attached hydrogen (secondary N) is 2. The van der Waals surface area contributed by atoms with Gasteiger partial charge in [-0.3, -0.25) is 0 Å². The predicted octanol–water partition coefficient (Wildman–Crippen LogP) is 8.63. The van der Waals surface area contributed by atoms with E-state index in [9.17, 15) is 4.39 Å². The summed E-state index contributed by atoms with van der Waals surface area (Å²) in [6.45, 7) is 6.16. The van der Waals surface area contributed by atoms with Gasteiger partial charge < -0.3 is 31.6 Å². The van der Waals surface area contributed by atoms with Gasteiger partial charge in [-0.15, -0.1) is 49.6 Å². The molecule has 6 N–H and O–H groups in total. The van der Waals surface area contributed by atoms with Crippen LogP contribution in [-0.4, -0.2) is 23.9 Å². The third-order valence-electron chi connectivity index (χ3n) is 7.23. The maximum atomic E-state index is 13.7. The molecule has 49 heavy (non-hydrogen) atoms. The molecule has 15 heteroatoms. The molecule has 0 amide bonds. The fourth-order valence-corrected chi connectivity index (χ4v) is 5.16. The van der Waals surface area contributed by atoms with Crippen molar-refractivity contribution in [2.24, 2.45) is 21.5 Å². The van der Waals surface area contributed by atoms with Crippen molar-refractivity contribution in [1.29, 1.82) is 0 Å². The summed E-state index contributed by atoms with van der Waals surface area (Å²) in [6, 6.07) is 24.2. The van der Waals surface area contributed by atoms with Gasteiger partial charge in [0.15, 0.2) is 12.2 Å². The smallest absolute Gasteiger partial charge is 0.153 e. The fourth-order valence-electron chi connectivity index (χ4n) is 4.71. The molecular formula is C34H39Cl6FN6O2. The number of fused-ring (bicyclic) bond motifs is 2. The molecule has 0 bridgehead atoms. The summed E-state index contributed by atoms with van der Waals surface area (Å²) in [5, 5.41) is 7.75. The zero-order valence-electron chi connectivity index (χ0n) is 26.6. The van der Waals surface area contributed by atoms with Crippen molar-refractivity contribution in [3.05, 3.63) is 117 Å². The SMILES string of the molecule is CC1Oc2ccc(CNCc3c(F)cccc3Cl)cc2N=C1N.CC1Oc2ccc(CNCc3cccc(Cl)c3)cc2N=C1N.Cl.Cl.Cl.Cl. The van der Waals surface area contributed by atoms with E-state index in [0.717, 1.165) is 46.2 Å². The Morgan fingerprint density at radius 3 is 1.61 bits per heavy atom. The van der Waals surface area contributed by atoms with Crippen LogP contribution >= 0.6 is 72.8 Å². The lowest BCUT2D eigenvalue weighted by molar-refractivity contribution is 0.281. The fraction of sp³-hybridized carbons (Fsp3) is 0.235. The molecule has 2 aliphatic rings. The molecule has 8 nitrogen and oxygen atoms in total. The van der Waals surface area contributed by atoms with Gasteiger partial charge in [0.1, 0.15) is 40.4 Å². The van der Waals surface area contributed by atoms with Crippen molar-refractivity contribution in [3.8, 4) is 11.5 Å². The van der Waals surface area contributed by atoms with Gasteiger partial charge in [0.05, 0.1) is 0 Å². The zero-order chi connectivity index (χ0) is 31.9. The van der Waals surface area contributed by atoms with E-state index in [1.165, 1.54) is 6.07 Å². The summed E-state index contributed by atoms with van der Waals surface area (Å²) in [4.78, 5) is 8.73. The van der Waals surface area contributed by atoms with Crippen LogP contribution in [0.3, 0.4) is 0 Å². The van der Waals surface area contributed by atoms with Crippen LogP contribution in [0.5, 0.6) is 11.5 Å². The number of hydrogen-bond acceptors (Lipinski definition) is 8. The van der Waals surface area contributed by atoms with Crippen LogP contribution in [-0.2, 0) is 26.2 Å². The molecule has 4 aromatic rings. The molecule has 4 aromatic carbocycles. The van der Waals surface area contributed by atoms with E-state index in [1.807, 2.05) is 74.5 Å². The number of nitrogens with zero attached hydrogens (tertiary/aromatic N) is 2. The van der Waals surface area contributed by atoms with E-state index in [1.54, 1.807) is 12.1 Å². The summed E-state index contributed by atoms with van der Waals surface area (Å²) in [7, 11) is 0. The first-order chi connectivity index (χ1) is 21.7. The summed E-state index contributed by atoms with van der Waals surface area (Å²) in [6.07, 6.45) is -0.381. The molecule has 0 spiro atoms. The second-order valence-electron chi connectivity index (χ2n) is 10.7. The first-order valence-electron chi connectivity index (χ1n) is 14.5. The highest BCUT2D eigenvalue weighted by molar-refractivity contribution is 6.31. The van der Waals surface area contributed by atoms with Crippen molar-refractivity contribution in [2.75, 3.05) is 0 Å². The Hall–Kier alpha value is -2.99. The Morgan fingerprint density at radius 2 is 1.12 bits per heavy atom. The van der Waals surface area contributed by atoms with Crippen molar-refractivity contribution < 1.29 is 13.9 Å². The number of aliphatic imine (C=N–C) groups is 2. The molecule has 2 heterocycles. The number of hydrogen-bond donors (Lipinski definition) is 4. The van der Waals surface area contributed by atoms with Gasteiger partial charge >= 0.3 is 0 Å². The minimum absolute atomic E-state index is 0. The highest BCUT2D eigenvalue weighted by Crippen LogP contribution is 2.34. The highest BCUT2D eigenvalue weighted by atomic mass is 35.5. The molecule has 0 aromatic heterocycles. The predicted molar refractivity (Wildman–Crippen MR) is 209 cm³/mol. The van der Waals surface area contributed by atoms with Gasteiger partial charge in [-0.25, -0.2) is 14.4 Å². The maximum absolute atomic E-state index is 13.7. The van der Waals surface area contributed by atoms with Gasteiger partial charge in [0, 0.05) is 41.8 Å². The van der Waals surface area contributed by atoms with Gasteiger partial charge in [0.2, 0.25) is 0 Å². The van der Waals surface area contributed by atoms with Crippen LogP contribution in [0.4, 0.5) is 15.8 Å². The molecular weight excluding hydrogens is 756 g/mol. The standard InChI is InChI=1S/C17H17ClFN3O.C17H18ClN3O.4ClH/c1-10-17(20)22-15-7-11(5-6-16(15)23-10)8-21-9-12-13(18)3-2-4-14(12)19;1-11-17(19)21-15-8-13(5-6-16(15)22-11)10-20-9-12-3-2-4-14(18)7-12;;;;/h2-7,10,21H,8-9H2,1H3,(H2,20,22);2-8,11,20H,9-10H2,1H3,(H2,19,21);4*1H. The lowest BCUT2D eigenvalue weighted by Gasteiger charge is -2.21. The van der Waals surface area contributed by atoms with E-state index in [0.29, 0.717) is 46.8 Å². The maximum Gasteiger partial charge on any atom is 0.153 e. The first-order valence-corrected chi connectivity index (χ1v) is 15.3. The van der Waals surface area contributed by atoms with E-state index < -0.39 is 0 Å². The Labute approximate surface area is 320 Å². The van der Waals surface area contributed by atoms with E-state index >= 15 is 0 Å². The molecule has 0 aliphatic carbocycles. The Balaban J connectivity index is 0.000000453. The largest absolute Gasteiger partial charge is 0.481 e. The summed E-state index contributed by atoms with van der Waals surface area (Å²) < 4.78 is 25.1. The van der Waals surface area contributed by atoms with Crippen LogP contribution in [0.1, 0.15) is 36.1 Å². The van der Waals surface area contributed by atoms with Crippen molar-refractivity contribution >= 4 is 95.9 Å². The Kier molecular flexibility index (Phi) is 18.5. The van der Waals surface area contributed by atoms with Gasteiger partial charge in [-0.1, -0.05) is 53.5 Å². The van der Waals surface area contributed by atoms with Crippen molar-refractivity contribution in [2.45, 2.75) is 52.2 Å². The van der Waals surface area contributed by atoms with Crippen LogP contribution in [0.15, 0.2) is 88.8 Å². The molecule has 0 radical (unpaired) electrons. The Morgan fingerprint density at radius 1 is 0.653 bits per heavy atom. The summed E-state index contributed by atoms with van der Waals surface area (Å²) in [5.41, 5.74) is 16.9. The molecule has 2 aliphatic heterocycles. The topological polar surface area (TPSA) is 119 Å². The first kappa shape index (κ1) is 44.0. The van der Waals surface area contributed by atoms with Gasteiger partial charge in [-0.2, -0.15) is 0 Å². The lowest BCUT2D eigenvalue weighted by atomic mass is 10.1. The molecule has 266 valence electrons. The number of nitrogens with two attached hydrogens (primary N) is 2. The molecule has 0 saturated carbocycles. The van der Waals surface area contributed by atoms with Crippen LogP contribution in [0, 0.1) is 5.82 Å². The second-order valence-corrected chi connectivity index (χ2v) is 11.6. The number of rotatable bonds is 8. The average Bonchev–Trinajstić information content (AvgIpc) is 3.00. The van der Waals surface area contributed by atoms with Crippen LogP contribution in [0.2, 0.25) is 10.0 Å². The molecule has 0 saturated heterocycles. The quantitative estimate of drug-likeness (QED) is 0.142. The monoisotopic (exact) mass is 792 g/mol. The third kappa shape index (κ3) is 12.1. The highest BCUT2D eigenvalue weighted by Gasteiger charge is 2.19. The van der Waals surface area contributed by atoms with Crippen LogP contribution in [0.25, 0.3) is 0 Å². The minimum Gasteiger partial charge on any atom is -0.481 e. The third-order valence-corrected chi connectivity index (χ3v) is 7.82. The van der Waals surface area contributed by atoms with E-state index in [-0.39, 0.29) is 67.7 Å². The van der Waals surface area contributed by atoms with Gasteiger partial charge in [-0.05, 0) is 79.1 Å². The Bertz CT molecular complexity index is 1730. The normalized spacial score (nSPS) is 15.2. The van der Waals surface area contributed by atoms with Crippen molar-refractivity contribution in [1.82, 2.24) is 10.6 Å². The average molecular weight is 795 g/mol.